The van der Waals surface area contributed by atoms with Gasteiger partial charge in [-0.05, 0) is 34.6 Å². The van der Waals surface area contributed by atoms with Crippen molar-refractivity contribution in [3.05, 3.63) is 65.5 Å². The molecule has 1 unspecified atom stereocenters. The number of aromatic nitrogens is 1. The summed E-state index contributed by atoms with van der Waals surface area (Å²) >= 11 is 0. The maximum Gasteiger partial charge on any atom is 0.223 e. The van der Waals surface area contributed by atoms with Crippen molar-refractivity contribution < 1.29 is 4.79 Å². The first-order valence-corrected chi connectivity index (χ1v) is 9.45. The van der Waals surface area contributed by atoms with Crippen LogP contribution in [0.1, 0.15) is 49.9 Å². The van der Waals surface area contributed by atoms with Gasteiger partial charge in [-0.15, -0.1) is 12.4 Å². The lowest BCUT2D eigenvalue weighted by molar-refractivity contribution is -0.134. The first-order valence-electron chi connectivity index (χ1n) is 9.45. The number of carbonyl (C=O) groups excluding carboxylic acids is 1. The number of nitrogens with one attached hydrogen (secondary N) is 1. The monoisotopic (exact) mass is 387 g/mol. The molecule has 5 heteroatoms. The first-order chi connectivity index (χ1) is 12.4. The molecule has 1 aromatic heterocycles. The molecule has 1 aromatic carbocycles. The van der Waals surface area contributed by atoms with E-state index in [-0.39, 0.29) is 29.8 Å². The number of amides is 1. The Kier molecular flexibility index (Phi) is 7.40. The first kappa shape index (κ1) is 21.4. The Hall–Kier alpha value is -1.91. The summed E-state index contributed by atoms with van der Waals surface area (Å²) in [7, 11) is 0. The molecule has 1 aliphatic rings. The maximum absolute atomic E-state index is 12.9. The van der Waals surface area contributed by atoms with Crippen LogP contribution in [0.4, 0.5) is 0 Å². The molecule has 146 valence electrons. The number of halogens is 1. The highest BCUT2D eigenvalue weighted by molar-refractivity contribution is 5.85. The van der Waals surface area contributed by atoms with Crippen molar-refractivity contribution >= 4 is 18.3 Å². The van der Waals surface area contributed by atoms with Gasteiger partial charge in [0.2, 0.25) is 5.91 Å². The van der Waals surface area contributed by atoms with Crippen LogP contribution in [0.15, 0.2) is 48.8 Å². The average Bonchev–Trinajstić information content (AvgIpc) is 2.66. The van der Waals surface area contributed by atoms with E-state index in [2.05, 4.69) is 61.4 Å². The molecule has 27 heavy (non-hydrogen) atoms. The normalized spacial score (nSPS) is 17.3. The van der Waals surface area contributed by atoms with Crippen LogP contribution in [-0.4, -0.2) is 35.4 Å². The molecular formula is C22H30ClN3O. The second-order valence-electron chi connectivity index (χ2n) is 8.04. The Morgan fingerprint density at radius 3 is 2.59 bits per heavy atom. The van der Waals surface area contributed by atoms with Gasteiger partial charge in [-0.2, -0.15) is 0 Å². The van der Waals surface area contributed by atoms with Crippen molar-refractivity contribution in [2.45, 2.75) is 45.1 Å². The van der Waals surface area contributed by atoms with Crippen molar-refractivity contribution in [3.8, 4) is 0 Å². The third-order valence-electron chi connectivity index (χ3n) is 5.08. The molecule has 1 atom stereocenters. The Bertz CT molecular complexity index is 725. The SMILES string of the molecule is CC(C)(C)c1ccc(CCC(=O)N2CCNCC2c2cccnc2)cc1.Cl. The lowest BCUT2D eigenvalue weighted by Gasteiger charge is -2.36. The minimum Gasteiger partial charge on any atom is -0.333 e. The van der Waals surface area contributed by atoms with Crippen molar-refractivity contribution in [1.82, 2.24) is 15.2 Å². The summed E-state index contributed by atoms with van der Waals surface area (Å²) in [5.74, 6) is 0.222. The minimum atomic E-state index is 0. The molecule has 1 amide bonds. The van der Waals surface area contributed by atoms with E-state index in [1.54, 1.807) is 6.20 Å². The molecule has 0 saturated carbocycles. The van der Waals surface area contributed by atoms with Gasteiger partial charge in [-0.25, -0.2) is 0 Å². The second-order valence-corrected chi connectivity index (χ2v) is 8.04. The Balaban J connectivity index is 0.00000261. The van der Waals surface area contributed by atoms with E-state index >= 15 is 0 Å². The van der Waals surface area contributed by atoms with E-state index in [1.165, 1.54) is 11.1 Å². The van der Waals surface area contributed by atoms with Gasteiger partial charge >= 0.3 is 0 Å². The zero-order valence-corrected chi connectivity index (χ0v) is 17.3. The maximum atomic E-state index is 12.9. The third kappa shape index (κ3) is 5.53. The van der Waals surface area contributed by atoms with Crippen molar-refractivity contribution in [3.63, 3.8) is 0 Å². The van der Waals surface area contributed by atoms with Crippen molar-refractivity contribution in [2.75, 3.05) is 19.6 Å². The number of hydrogen-bond donors (Lipinski definition) is 1. The highest BCUT2D eigenvalue weighted by atomic mass is 35.5. The van der Waals surface area contributed by atoms with E-state index in [0.717, 1.165) is 31.6 Å². The topological polar surface area (TPSA) is 45.2 Å². The number of piperazine rings is 1. The fraction of sp³-hybridized carbons (Fsp3) is 0.455. The summed E-state index contributed by atoms with van der Waals surface area (Å²) < 4.78 is 0. The van der Waals surface area contributed by atoms with Crippen molar-refractivity contribution in [1.29, 1.82) is 0 Å². The van der Waals surface area contributed by atoms with E-state index in [1.807, 2.05) is 17.2 Å². The Morgan fingerprint density at radius 1 is 1.22 bits per heavy atom. The summed E-state index contributed by atoms with van der Waals surface area (Å²) in [6.07, 6.45) is 4.97. The van der Waals surface area contributed by atoms with Gasteiger partial charge in [0.25, 0.3) is 0 Å². The standard InChI is InChI=1S/C22H29N3O.ClH/c1-22(2,3)19-9-6-17(7-10-19)8-11-21(26)25-14-13-24-16-20(25)18-5-4-12-23-15-18;/h4-7,9-10,12,15,20,24H,8,11,13-14,16H2,1-3H3;1H. The third-order valence-corrected chi connectivity index (χ3v) is 5.08. The van der Waals surface area contributed by atoms with Gasteiger partial charge in [0, 0.05) is 38.4 Å². The molecule has 0 spiro atoms. The van der Waals surface area contributed by atoms with Crippen LogP contribution < -0.4 is 5.32 Å². The number of hydrogen-bond acceptors (Lipinski definition) is 3. The summed E-state index contributed by atoms with van der Waals surface area (Å²) in [5, 5.41) is 3.39. The number of pyridine rings is 1. The fourth-order valence-electron chi connectivity index (χ4n) is 3.44. The van der Waals surface area contributed by atoms with Gasteiger partial charge in [0.15, 0.2) is 0 Å². The number of benzene rings is 1. The number of rotatable bonds is 4. The van der Waals surface area contributed by atoms with Crippen LogP contribution in [-0.2, 0) is 16.6 Å². The quantitative estimate of drug-likeness (QED) is 0.865. The van der Waals surface area contributed by atoms with Gasteiger partial charge in [0.05, 0.1) is 6.04 Å². The van der Waals surface area contributed by atoms with Gasteiger partial charge in [-0.1, -0.05) is 51.1 Å². The molecular weight excluding hydrogens is 358 g/mol. The highest BCUT2D eigenvalue weighted by Crippen LogP contribution is 2.24. The van der Waals surface area contributed by atoms with Gasteiger partial charge in [0.1, 0.15) is 0 Å². The van der Waals surface area contributed by atoms with Crippen LogP contribution in [0.3, 0.4) is 0 Å². The van der Waals surface area contributed by atoms with Crippen molar-refractivity contribution in [2.24, 2.45) is 0 Å². The predicted molar refractivity (Wildman–Crippen MR) is 112 cm³/mol. The Labute approximate surface area is 168 Å². The summed E-state index contributed by atoms with van der Waals surface area (Å²) in [4.78, 5) is 19.1. The zero-order chi connectivity index (χ0) is 18.6. The van der Waals surface area contributed by atoms with Crippen LogP contribution in [0.25, 0.3) is 0 Å². The molecule has 2 aromatic rings. The number of aryl methyl sites for hydroxylation is 1. The van der Waals surface area contributed by atoms with Gasteiger partial charge < -0.3 is 10.2 Å². The molecule has 3 rings (SSSR count). The molecule has 4 nitrogen and oxygen atoms in total. The highest BCUT2D eigenvalue weighted by Gasteiger charge is 2.27. The lowest BCUT2D eigenvalue weighted by atomic mass is 9.86. The zero-order valence-electron chi connectivity index (χ0n) is 16.4. The molecule has 0 radical (unpaired) electrons. The Morgan fingerprint density at radius 2 is 1.96 bits per heavy atom. The summed E-state index contributed by atoms with van der Waals surface area (Å²) in [6.45, 7) is 9.04. The molecule has 1 fully saturated rings. The van der Waals surface area contributed by atoms with E-state index in [0.29, 0.717) is 6.42 Å². The largest absolute Gasteiger partial charge is 0.333 e. The minimum absolute atomic E-state index is 0. The smallest absolute Gasteiger partial charge is 0.223 e. The molecule has 1 aliphatic heterocycles. The van der Waals surface area contributed by atoms with E-state index in [9.17, 15) is 4.79 Å². The second kappa shape index (κ2) is 9.34. The molecule has 1 N–H and O–H groups in total. The van der Waals surface area contributed by atoms with E-state index < -0.39 is 0 Å². The fourth-order valence-corrected chi connectivity index (χ4v) is 3.44. The lowest BCUT2D eigenvalue weighted by Crippen LogP contribution is -2.48. The van der Waals surface area contributed by atoms with Crippen LogP contribution in [0.2, 0.25) is 0 Å². The predicted octanol–water partition coefficient (Wildman–Crippen LogP) is 3.91. The van der Waals surface area contributed by atoms with Crippen LogP contribution in [0.5, 0.6) is 0 Å². The molecule has 2 heterocycles. The molecule has 0 bridgehead atoms. The molecule has 1 saturated heterocycles. The van der Waals surface area contributed by atoms with Gasteiger partial charge in [-0.3, -0.25) is 9.78 Å². The summed E-state index contributed by atoms with van der Waals surface area (Å²) in [6, 6.07) is 12.7. The number of carbonyl (C=O) groups is 1. The van der Waals surface area contributed by atoms with Crippen LogP contribution in [0, 0.1) is 0 Å². The van der Waals surface area contributed by atoms with E-state index in [4.69, 9.17) is 0 Å². The average molecular weight is 388 g/mol. The van der Waals surface area contributed by atoms with Crippen LogP contribution >= 0.6 is 12.4 Å². The molecule has 0 aliphatic carbocycles. The summed E-state index contributed by atoms with van der Waals surface area (Å²) in [5.41, 5.74) is 3.81. The number of nitrogens with zero attached hydrogens (tertiary/aromatic N) is 2.